The number of amides is 2. The van der Waals surface area contributed by atoms with Gasteiger partial charge in [-0.1, -0.05) is 12.1 Å². The van der Waals surface area contributed by atoms with E-state index in [4.69, 9.17) is 9.68 Å². The van der Waals surface area contributed by atoms with Crippen molar-refractivity contribution in [3.63, 3.8) is 0 Å². The van der Waals surface area contributed by atoms with Gasteiger partial charge in [-0.2, -0.15) is 5.26 Å². The smallest absolute Gasteiger partial charge is 0.317 e. The molecule has 7 nitrogen and oxygen atoms in total. The van der Waals surface area contributed by atoms with Crippen LogP contribution in [0.5, 0.6) is 0 Å². The number of likely N-dealkylation sites (tertiary alicyclic amines) is 1. The summed E-state index contributed by atoms with van der Waals surface area (Å²) in [5.74, 6) is 0.875. The van der Waals surface area contributed by atoms with Crippen LogP contribution in [0.2, 0.25) is 0 Å². The second-order valence-corrected chi connectivity index (χ2v) is 8.67. The molecule has 0 spiro atoms. The number of nitrogens with one attached hydrogen (secondary N) is 1. The van der Waals surface area contributed by atoms with E-state index in [9.17, 15) is 4.79 Å². The Kier molecular flexibility index (Phi) is 5.68. The standard InChI is InChI=1S/C25H27N5O2/c26-16-18-7-9-21(10-8-18)29-14-11-20(12-15-29)27-25(31)30-13-3-4-19(17-30)24-28-22-5-1-2-6-23(22)32-24/h1-2,5-10,19-20H,3-4,11-15,17H2,(H,27,31). The Hall–Kier alpha value is -3.53. The highest BCUT2D eigenvalue weighted by molar-refractivity contribution is 5.75. The molecule has 5 rings (SSSR count). The van der Waals surface area contributed by atoms with Crippen molar-refractivity contribution in [2.75, 3.05) is 31.1 Å². The minimum absolute atomic E-state index is 0.0163. The van der Waals surface area contributed by atoms with Crippen LogP contribution in [0.25, 0.3) is 11.1 Å². The average Bonchev–Trinajstić information content (AvgIpc) is 3.29. The lowest BCUT2D eigenvalue weighted by molar-refractivity contribution is 0.169. The number of fused-ring (bicyclic) bond motifs is 1. The molecule has 2 amide bonds. The maximum absolute atomic E-state index is 13.0. The number of carbonyl (C=O) groups excluding carboxylic acids is 1. The molecule has 32 heavy (non-hydrogen) atoms. The molecular weight excluding hydrogens is 402 g/mol. The minimum atomic E-state index is 0.0163. The number of urea groups is 1. The van der Waals surface area contributed by atoms with Crippen LogP contribution in [-0.2, 0) is 0 Å². The van der Waals surface area contributed by atoms with Gasteiger partial charge in [0.1, 0.15) is 5.52 Å². The van der Waals surface area contributed by atoms with Crippen LogP contribution < -0.4 is 10.2 Å². The SMILES string of the molecule is N#Cc1ccc(N2CCC(NC(=O)N3CCCC(c4nc5ccccc5o4)C3)CC2)cc1. The second-order valence-electron chi connectivity index (χ2n) is 8.67. The van der Waals surface area contributed by atoms with Crippen molar-refractivity contribution in [1.29, 1.82) is 5.26 Å². The van der Waals surface area contributed by atoms with E-state index in [1.54, 1.807) is 0 Å². The summed E-state index contributed by atoms with van der Waals surface area (Å²) in [5.41, 5.74) is 3.48. The number of oxazole rings is 1. The number of carbonyl (C=O) groups is 1. The van der Waals surface area contributed by atoms with Crippen molar-refractivity contribution in [1.82, 2.24) is 15.2 Å². The van der Waals surface area contributed by atoms with Gasteiger partial charge < -0.3 is 19.5 Å². The normalized spacial score (nSPS) is 19.7. The van der Waals surface area contributed by atoms with E-state index in [2.05, 4.69) is 21.3 Å². The molecule has 1 aromatic heterocycles. The third-order valence-electron chi connectivity index (χ3n) is 6.55. The molecule has 2 fully saturated rings. The van der Waals surface area contributed by atoms with Gasteiger partial charge in [-0.05, 0) is 62.1 Å². The Labute approximate surface area is 187 Å². The Morgan fingerprint density at radius 2 is 1.84 bits per heavy atom. The summed E-state index contributed by atoms with van der Waals surface area (Å²) in [6, 6.07) is 17.9. The summed E-state index contributed by atoms with van der Waals surface area (Å²) in [6.45, 7) is 3.19. The predicted octanol–water partition coefficient (Wildman–Crippen LogP) is 4.26. The molecule has 1 atom stereocenters. The Morgan fingerprint density at radius 3 is 2.59 bits per heavy atom. The summed E-state index contributed by atoms with van der Waals surface area (Å²) in [4.78, 5) is 21.8. The molecule has 0 saturated carbocycles. The van der Waals surface area contributed by atoms with E-state index < -0.39 is 0 Å². The van der Waals surface area contributed by atoms with Crippen molar-refractivity contribution in [2.45, 2.75) is 37.6 Å². The molecule has 2 aliphatic rings. The molecule has 3 heterocycles. The number of hydrogen-bond acceptors (Lipinski definition) is 5. The van der Waals surface area contributed by atoms with Crippen molar-refractivity contribution in [3.05, 3.63) is 60.0 Å². The van der Waals surface area contributed by atoms with Crippen molar-refractivity contribution < 1.29 is 9.21 Å². The van der Waals surface area contributed by atoms with E-state index in [1.807, 2.05) is 53.4 Å². The second kappa shape index (κ2) is 8.91. The van der Waals surface area contributed by atoms with Gasteiger partial charge in [0.2, 0.25) is 0 Å². The first-order valence-corrected chi connectivity index (χ1v) is 11.4. The fraction of sp³-hybridized carbons (Fsp3) is 0.400. The number of nitriles is 1. The van der Waals surface area contributed by atoms with Gasteiger partial charge in [0.25, 0.3) is 0 Å². The van der Waals surface area contributed by atoms with Crippen molar-refractivity contribution in [3.8, 4) is 6.07 Å². The van der Waals surface area contributed by atoms with Crippen molar-refractivity contribution in [2.24, 2.45) is 0 Å². The molecule has 2 aliphatic heterocycles. The van der Waals surface area contributed by atoms with Gasteiger partial charge >= 0.3 is 6.03 Å². The van der Waals surface area contributed by atoms with Gasteiger partial charge in [0, 0.05) is 37.9 Å². The maximum Gasteiger partial charge on any atom is 0.317 e. The largest absolute Gasteiger partial charge is 0.440 e. The number of para-hydroxylation sites is 2. The lowest BCUT2D eigenvalue weighted by Gasteiger charge is -2.36. The van der Waals surface area contributed by atoms with Crippen molar-refractivity contribution >= 4 is 22.8 Å². The van der Waals surface area contributed by atoms with Gasteiger partial charge in [-0.25, -0.2) is 9.78 Å². The van der Waals surface area contributed by atoms with Crippen LogP contribution >= 0.6 is 0 Å². The highest BCUT2D eigenvalue weighted by atomic mass is 16.3. The van der Waals surface area contributed by atoms with E-state index in [-0.39, 0.29) is 18.0 Å². The zero-order chi connectivity index (χ0) is 21.9. The highest BCUT2D eigenvalue weighted by Crippen LogP contribution is 2.29. The third kappa shape index (κ3) is 4.26. The topological polar surface area (TPSA) is 85.4 Å². The average molecular weight is 430 g/mol. The van der Waals surface area contributed by atoms with Crippen LogP contribution in [-0.4, -0.2) is 48.1 Å². The maximum atomic E-state index is 13.0. The predicted molar refractivity (Wildman–Crippen MR) is 122 cm³/mol. The zero-order valence-electron chi connectivity index (χ0n) is 18.0. The molecule has 7 heteroatoms. The zero-order valence-corrected chi connectivity index (χ0v) is 18.0. The van der Waals surface area contributed by atoms with Crippen LogP contribution in [0.3, 0.4) is 0 Å². The lowest BCUT2D eigenvalue weighted by Crippen LogP contribution is -2.51. The van der Waals surface area contributed by atoms with Crippen LogP contribution in [0, 0.1) is 11.3 Å². The molecule has 1 N–H and O–H groups in total. The van der Waals surface area contributed by atoms with E-state index in [1.165, 1.54) is 0 Å². The van der Waals surface area contributed by atoms with Gasteiger partial charge in [-0.15, -0.1) is 0 Å². The molecule has 164 valence electrons. The highest BCUT2D eigenvalue weighted by Gasteiger charge is 2.30. The summed E-state index contributed by atoms with van der Waals surface area (Å²) < 4.78 is 5.96. The van der Waals surface area contributed by atoms with Crippen LogP contribution in [0.4, 0.5) is 10.5 Å². The quantitative estimate of drug-likeness (QED) is 0.672. The third-order valence-corrected chi connectivity index (χ3v) is 6.55. The summed E-state index contributed by atoms with van der Waals surface area (Å²) in [6.07, 6.45) is 3.76. The number of piperidine rings is 2. The van der Waals surface area contributed by atoms with Crippen LogP contribution in [0.1, 0.15) is 43.1 Å². The fourth-order valence-electron chi connectivity index (χ4n) is 4.72. The molecular formula is C25H27N5O2. The molecule has 0 bridgehead atoms. The summed E-state index contributed by atoms with van der Waals surface area (Å²) >= 11 is 0. The Balaban J connectivity index is 1.15. The molecule has 1 unspecified atom stereocenters. The van der Waals surface area contributed by atoms with E-state index in [0.29, 0.717) is 12.1 Å². The number of aromatic nitrogens is 1. The van der Waals surface area contributed by atoms with Gasteiger partial charge in [0.05, 0.1) is 17.6 Å². The summed E-state index contributed by atoms with van der Waals surface area (Å²) in [5, 5.41) is 12.2. The molecule has 2 aromatic carbocycles. The van der Waals surface area contributed by atoms with E-state index in [0.717, 1.165) is 68.0 Å². The number of rotatable bonds is 3. The molecule has 0 aliphatic carbocycles. The first-order chi connectivity index (χ1) is 15.7. The van der Waals surface area contributed by atoms with Gasteiger partial charge in [0.15, 0.2) is 11.5 Å². The number of anilines is 1. The molecule has 0 radical (unpaired) electrons. The molecule has 3 aromatic rings. The molecule has 2 saturated heterocycles. The fourth-order valence-corrected chi connectivity index (χ4v) is 4.72. The van der Waals surface area contributed by atoms with Gasteiger partial charge in [-0.3, -0.25) is 0 Å². The Morgan fingerprint density at radius 1 is 1.06 bits per heavy atom. The first kappa shape index (κ1) is 20.4. The van der Waals surface area contributed by atoms with Crippen LogP contribution in [0.15, 0.2) is 52.9 Å². The monoisotopic (exact) mass is 429 g/mol. The number of hydrogen-bond donors (Lipinski definition) is 1. The summed E-state index contributed by atoms with van der Waals surface area (Å²) in [7, 11) is 0. The number of nitrogens with zero attached hydrogens (tertiary/aromatic N) is 4. The number of benzene rings is 2. The Bertz CT molecular complexity index is 1090. The minimum Gasteiger partial charge on any atom is -0.440 e. The van der Waals surface area contributed by atoms with E-state index >= 15 is 0 Å². The first-order valence-electron chi connectivity index (χ1n) is 11.4. The lowest BCUT2D eigenvalue weighted by atomic mass is 9.98.